The van der Waals surface area contributed by atoms with Crippen molar-refractivity contribution in [1.82, 2.24) is 0 Å². The maximum absolute atomic E-state index is 13.7. The van der Waals surface area contributed by atoms with Crippen LogP contribution in [0, 0.1) is 0 Å². The summed E-state index contributed by atoms with van der Waals surface area (Å²) in [5, 5.41) is 0. The van der Waals surface area contributed by atoms with E-state index in [1.54, 1.807) is 13.8 Å². The van der Waals surface area contributed by atoms with Crippen molar-refractivity contribution < 1.29 is 14.4 Å². The molecule has 2 aromatic carbocycles. The van der Waals surface area contributed by atoms with E-state index in [1.165, 1.54) is 0 Å². The van der Waals surface area contributed by atoms with E-state index in [9.17, 15) is 14.4 Å². The van der Waals surface area contributed by atoms with Gasteiger partial charge in [0.05, 0.1) is 5.41 Å². The van der Waals surface area contributed by atoms with Gasteiger partial charge in [-0.1, -0.05) is 48.5 Å². The van der Waals surface area contributed by atoms with E-state index in [0.29, 0.717) is 32.1 Å². The number of fused-ring (bicyclic) bond motifs is 2. The summed E-state index contributed by atoms with van der Waals surface area (Å²) in [4.78, 5) is 37.2. The molecule has 0 atom stereocenters. The number of rotatable bonds is 6. The molecule has 3 rings (SSSR count). The third-order valence-corrected chi connectivity index (χ3v) is 5.42. The lowest BCUT2D eigenvalue weighted by atomic mass is 9.67. The summed E-state index contributed by atoms with van der Waals surface area (Å²) < 4.78 is 0. The van der Waals surface area contributed by atoms with E-state index in [-0.39, 0.29) is 17.3 Å². The number of carbonyl (C=O) groups is 3. The molecule has 0 N–H and O–H groups in total. The lowest BCUT2D eigenvalue weighted by molar-refractivity contribution is -0.117. The fourth-order valence-electron chi connectivity index (χ4n) is 4.02. The number of ketones is 3. The van der Waals surface area contributed by atoms with Gasteiger partial charge in [0, 0.05) is 18.4 Å². The van der Waals surface area contributed by atoms with E-state index in [4.69, 9.17) is 0 Å². The molecule has 1 aliphatic rings. The van der Waals surface area contributed by atoms with E-state index < -0.39 is 5.41 Å². The first-order chi connectivity index (χ1) is 12.4. The van der Waals surface area contributed by atoms with E-state index in [1.807, 2.05) is 42.5 Å². The first kappa shape index (κ1) is 18.2. The van der Waals surface area contributed by atoms with Crippen molar-refractivity contribution >= 4 is 17.3 Å². The molecule has 3 heteroatoms. The maximum Gasteiger partial charge on any atom is 0.173 e. The van der Waals surface area contributed by atoms with Gasteiger partial charge in [-0.25, -0.2) is 0 Å². The largest absolute Gasteiger partial charge is 0.300 e. The van der Waals surface area contributed by atoms with Gasteiger partial charge in [0.1, 0.15) is 11.6 Å². The Morgan fingerprint density at radius 3 is 2.00 bits per heavy atom. The second-order valence-electron chi connectivity index (χ2n) is 7.31. The first-order valence-corrected chi connectivity index (χ1v) is 9.14. The fourth-order valence-corrected chi connectivity index (χ4v) is 4.02. The van der Waals surface area contributed by atoms with Crippen LogP contribution in [0.25, 0.3) is 0 Å². The van der Waals surface area contributed by atoms with Gasteiger partial charge in [-0.05, 0) is 49.8 Å². The Labute approximate surface area is 154 Å². The minimum atomic E-state index is -0.819. The molecule has 0 saturated heterocycles. The Hall–Kier alpha value is -2.55. The predicted octanol–water partition coefficient (Wildman–Crippen LogP) is 4.45. The van der Waals surface area contributed by atoms with Crippen molar-refractivity contribution in [2.24, 2.45) is 0 Å². The average molecular weight is 348 g/mol. The Balaban J connectivity index is 2.21. The Kier molecular flexibility index (Phi) is 5.17. The summed E-state index contributed by atoms with van der Waals surface area (Å²) in [6, 6.07) is 15.7. The number of carbonyl (C=O) groups excluding carboxylic acids is 3. The number of benzene rings is 2. The SMILES string of the molecule is CC(=O)CCC1(CCC(C)=O)C(=O)c2ccccc2Cc2ccccc21. The summed E-state index contributed by atoms with van der Waals surface area (Å²) in [6.07, 6.45) is 2.25. The minimum absolute atomic E-state index is 0.0422. The second kappa shape index (κ2) is 7.36. The second-order valence-corrected chi connectivity index (χ2v) is 7.31. The summed E-state index contributed by atoms with van der Waals surface area (Å²) in [5.74, 6) is 0.172. The first-order valence-electron chi connectivity index (χ1n) is 9.14. The lowest BCUT2D eigenvalue weighted by Crippen LogP contribution is -2.37. The predicted molar refractivity (Wildman–Crippen MR) is 102 cm³/mol. The van der Waals surface area contributed by atoms with Crippen molar-refractivity contribution in [3.8, 4) is 0 Å². The van der Waals surface area contributed by atoms with Crippen molar-refractivity contribution in [2.75, 3.05) is 0 Å². The molecule has 2 aromatic rings. The molecule has 0 unspecified atom stereocenters. The summed E-state index contributed by atoms with van der Waals surface area (Å²) in [7, 11) is 0. The van der Waals surface area contributed by atoms with Gasteiger partial charge in [-0.2, -0.15) is 0 Å². The van der Waals surface area contributed by atoms with Gasteiger partial charge in [0.2, 0.25) is 0 Å². The molecular formula is C23H24O3. The van der Waals surface area contributed by atoms with Gasteiger partial charge in [-0.15, -0.1) is 0 Å². The topological polar surface area (TPSA) is 51.2 Å². The molecule has 0 aliphatic heterocycles. The molecule has 0 aromatic heterocycles. The molecule has 134 valence electrons. The molecule has 1 aliphatic carbocycles. The molecule has 0 fully saturated rings. The summed E-state index contributed by atoms with van der Waals surface area (Å²) in [6.45, 7) is 3.11. The Morgan fingerprint density at radius 2 is 1.38 bits per heavy atom. The molecule has 0 heterocycles. The van der Waals surface area contributed by atoms with E-state index in [2.05, 4.69) is 6.07 Å². The van der Waals surface area contributed by atoms with Gasteiger partial charge in [0.25, 0.3) is 0 Å². The molecule has 26 heavy (non-hydrogen) atoms. The minimum Gasteiger partial charge on any atom is -0.300 e. The van der Waals surface area contributed by atoms with Crippen LogP contribution in [0.4, 0.5) is 0 Å². The van der Waals surface area contributed by atoms with Gasteiger partial charge < -0.3 is 9.59 Å². The quantitative estimate of drug-likeness (QED) is 0.775. The number of hydrogen-bond donors (Lipinski definition) is 0. The van der Waals surface area contributed by atoms with Crippen molar-refractivity contribution in [2.45, 2.75) is 51.4 Å². The highest BCUT2D eigenvalue weighted by atomic mass is 16.1. The van der Waals surface area contributed by atoms with Crippen molar-refractivity contribution in [3.63, 3.8) is 0 Å². The zero-order valence-corrected chi connectivity index (χ0v) is 15.4. The summed E-state index contributed by atoms with van der Waals surface area (Å²) >= 11 is 0. The van der Waals surface area contributed by atoms with Crippen LogP contribution in [-0.4, -0.2) is 17.3 Å². The molecule has 3 nitrogen and oxygen atoms in total. The number of Topliss-reactive ketones (excluding diaryl/α,β-unsaturated/α-hetero) is 3. The van der Waals surface area contributed by atoms with E-state index >= 15 is 0 Å². The normalized spacial score (nSPS) is 14.9. The smallest absolute Gasteiger partial charge is 0.173 e. The van der Waals surface area contributed by atoms with Crippen LogP contribution in [0.1, 0.15) is 66.6 Å². The average Bonchev–Trinajstić information content (AvgIpc) is 2.72. The fraction of sp³-hybridized carbons (Fsp3) is 0.348. The zero-order chi connectivity index (χ0) is 18.7. The van der Waals surface area contributed by atoms with Crippen LogP contribution in [0.15, 0.2) is 48.5 Å². The van der Waals surface area contributed by atoms with E-state index in [0.717, 1.165) is 22.3 Å². The number of hydrogen-bond acceptors (Lipinski definition) is 3. The van der Waals surface area contributed by atoms with Crippen LogP contribution >= 0.6 is 0 Å². The van der Waals surface area contributed by atoms with Crippen molar-refractivity contribution in [3.05, 3.63) is 70.8 Å². The van der Waals surface area contributed by atoms with Crippen LogP contribution in [-0.2, 0) is 21.4 Å². The Bertz CT molecular complexity index is 845. The highest BCUT2D eigenvalue weighted by Gasteiger charge is 2.43. The molecule has 0 saturated carbocycles. The lowest BCUT2D eigenvalue weighted by Gasteiger charge is -2.33. The molecular weight excluding hydrogens is 324 g/mol. The highest BCUT2D eigenvalue weighted by molar-refractivity contribution is 6.06. The highest BCUT2D eigenvalue weighted by Crippen LogP contribution is 2.43. The molecule has 0 spiro atoms. The van der Waals surface area contributed by atoms with Crippen LogP contribution in [0.5, 0.6) is 0 Å². The third-order valence-electron chi connectivity index (χ3n) is 5.42. The van der Waals surface area contributed by atoms with Gasteiger partial charge >= 0.3 is 0 Å². The zero-order valence-electron chi connectivity index (χ0n) is 15.4. The Morgan fingerprint density at radius 1 is 0.846 bits per heavy atom. The summed E-state index contributed by atoms with van der Waals surface area (Å²) in [5.41, 5.74) is 3.00. The standard InChI is InChI=1S/C23H24O3/c1-16(24)11-13-23(14-12-17(2)25)21-10-6-4-8-19(21)15-18-7-3-5-9-20(18)22(23)26/h3-10H,11-15H2,1-2H3. The van der Waals surface area contributed by atoms with Gasteiger partial charge in [0.15, 0.2) is 5.78 Å². The van der Waals surface area contributed by atoms with Crippen LogP contribution in [0.3, 0.4) is 0 Å². The maximum atomic E-state index is 13.7. The third kappa shape index (κ3) is 3.39. The van der Waals surface area contributed by atoms with Gasteiger partial charge in [-0.3, -0.25) is 4.79 Å². The molecule has 0 amide bonds. The van der Waals surface area contributed by atoms with Crippen LogP contribution < -0.4 is 0 Å². The monoisotopic (exact) mass is 348 g/mol. The molecule has 0 radical (unpaired) electrons. The molecule has 0 bridgehead atoms. The van der Waals surface area contributed by atoms with Crippen LogP contribution in [0.2, 0.25) is 0 Å². The van der Waals surface area contributed by atoms with Crippen molar-refractivity contribution in [1.29, 1.82) is 0 Å².